The van der Waals surface area contributed by atoms with Crippen LogP contribution in [0.5, 0.6) is 0 Å². The Morgan fingerprint density at radius 3 is 2.00 bits per heavy atom. The molecule has 0 saturated heterocycles. The van der Waals surface area contributed by atoms with Gasteiger partial charge in [-0.3, -0.25) is 0 Å². The maximum Gasteiger partial charge on any atom is 0.271 e. The first-order chi connectivity index (χ1) is 5.34. The summed E-state index contributed by atoms with van der Waals surface area (Å²) in [4.78, 5) is 0.772. The average molecular weight is 245 g/mol. The van der Waals surface area contributed by atoms with E-state index in [1.807, 2.05) is 0 Å². The van der Waals surface area contributed by atoms with Gasteiger partial charge in [-0.05, 0) is 19.4 Å². The smallest absolute Gasteiger partial charge is 0.206 e. The molecule has 0 aliphatic carbocycles. The monoisotopic (exact) mass is 244 g/mol. The summed E-state index contributed by atoms with van der Waals surface area (Å²) in [6.07, 6.45) is 0. The molecule has 1 aromatic rings. The molecule has 0 fully saturated rings. The van der Waals surface area contributed by atoms with E-state index in [4.69, 9.17) is 22.3 Å². The van der Waals surface area contributed by atoms with Crippen molar-refractivity contribution in [3.8, 4) is 0 Å². The maximum atomic E-state index is 10.9. The average Bonchev–Trinajstić information content (AvgIpc) is 2.15. The number of thiophene rings is 1. The summed E-state index contributed by atoms with van der Waals surface area (Å²) in [5.41, 5.74) is 0.536. The van der Waals surface area contributed by atoms with Crippen LogP contribution in [0.3, 0.4) is 0 Å². The predicted molar refractivity (Wildman–Crippen MR) is 51.8 cm³/mol. The molecule has 6 heteroatoms. The molecule has 2 nitrogen and oxygen atoms in total. The molecule has 1 heterocycles. The van der Waals surface area contributed by atoms with Crippen LogP contribution in [0.4, 0.5) is 0 Å². The van der Waals surface area contributed by atoms with E-state index in [0.29, 0.717) is 10.6 Å². The molecule has 0 amide bonds. The van der Waals surface area contributed by atoms with E-state index in [2.05, 4.69) is 0 Å². The Hall–Kier alpha value is 0.230. The molecule has 0 bridgehead atoms. The Morgan fingerprint density at radius 1 is 1.33 bits per heavy atom. The second kappa shape index (κ2) is 3.18. The van der Waals surface area contributed by atoms with Crippen LogP contribution in [0.1, 0.15) is 10.4 Å². The van der Waals surface area contributed by atoms with Crippen LogP contribution in [-0.4, -0.2) is 8.42 Å². The summed E-state index contributed by atoms with van der Waals surface area (Å²) in [5, 5.41) is 0.485. The molecule has 1 rings (SSSR count). The van der Waals surface area contributed by atoms with Gasteiger partial charge in [0, 0.05) is 15.6 Å². The Bertz CT molecular complexity index is 405. The van der Waals surface area contributed by atoms with Crippen molar-refractivity contribution in [2.24, 2.45) is 0 Å². The van der Waals surface area contributed by atoms with Gasteiger partial charge in [-0.1, -0.05) is 11.6 Å². The van der Waals surface area contributed by atoms with Crippen molar-refractivity contribution in [3.05, 3.63) is 15.5 Å². The number of aryl methyl sites for hydroxylation is 1. The van der Waals surface area contributed by atoms with E-state index in [-0.39, 0.29) is 4.21 Å². The first kappa shape index (κ1) is 10.3. The van der Waals surface area contributed by atoms with Crippen LogP contribution in [0.2, 0.25) is 5.02 Å². The number of hydrogen-bond acceptors (Lipinski definition) is 3. The second-order valence-corrected chi connectivity index (χ2v) is 6.69. The van der Waals surface area contributed by atoms with Gasteiger partial charge in [0.2, 0.25) is 0 Å². The first-order valence-electron chi connectivity index (χ1n) is 3.04. The van der Waals surface area contributed by atoms with Crippen molar-refractivity contribution in [2.45, 2.75) is 18.1 Å². The molecule has 0 N–H and O–H groups in total. The van der Waals surface area contributed by atoms with Crippen LogP contribution in [0.15, 0.2) is 4.21 Å². The Labute approximate surface area is 84.5 Å². The molecule has 12 heavy (non-hydrogen) atoms. The van der Waals surface area contributed by atoms with Gasteiger partial charge in [0.05, 0.1) is 5.02 Å². The molecular weight excluding hydrogens is 239 g/mol. The number of rotatable bonds is 1. The number of halogens is 2. The van der Waals surface area contributed by atoms with E-state index >= 15 is 0 Å². The van der Waals surface area contributed by atoms with Crippen LogP contribution < -0.4 is 0 Å². The lowest BCUT2D eigenvalue weighted by Gasteiger charge is -1.91. The standard InChI is InChI=1S/C6H6Cl2O2S2/c1-3-5(7)4(2)11-6(3)12(8,9)10/h1-2H3. The highest BCUT2D eigenvalue weighted by Gasteiger charge is 2.20. The third-order valence-electron chi connectivity index (χ3n) is 1.41. The minimum Gasteiger partial charge on any atom is -0.206 e. The van der Waals surface area contributed by atoms with Crippen molar-refractivity contribution < 1.29 is 8.42 Å². The van der Waals surface area contributed by atoms with Gasteiger partial charge in [-0.25, -0.2) is 8.42 Å². The molecule has 0 unspecified atom stereocenters. The summed E-state index contributed by atoms with van der Waals surface area (Å²) >= 11 is 6.89. The summed E-state index contributed by atoms with van der Waals surface area (Å²) in [7, 11) is 1.54. The zero-order valence-corrected chi connectivity index (χ0v) is 9.53. The van der Waals surface area contributed by atoms with Gasteiger partial charge in [0.1, 0.15) is 4.21 Å². The molecular formula is C6H6Cl2O2S2. The highest BCUT2D eigenvalue weighted by molar-refractivity contribution is 8.15. The zero-order chi connectivity index (χ0) is 9.52. The zero-order valence-electron chi connectivity index (χ0n) is 6.39. The van der Waals surface area contributed by atoms with E-state index in [1.165, 1.54) is 0 Å². The molecule has 68 valence electrons. The van der Waals surface area contributed by atoms with Crippen molar-refractivity contribution in [1.82, 2.24) is 0 Å². The molecule has 0 atom stereocenters. The van der Waals surface area contributed by atoms with Gasteiger partial charge < -0.3 is 0 Å². The third kappa shape index (κ3) is 1.76. The van der Waals surface area contributed by atoms with Crippen LogP contribution in [-0.2, 0) is 9.05 Å². The minimum absolute atomic E-state index is 0.145. The summed E-state index contributed by atoms with van der Waals surface area (Å²) in [6, 6.07) is 0. The summed E-state index contributed by atoms with van der Waals surface area (Å²) in [5.74, 6) is 0. The van der Waals surface area contributed by atoms with Gasteiger partial charge in [-0.2, -0.15) is 0 Å². The maximum absolute atomic E-state index is 10.9. The van der Waals surface area contributed by atoms with Gasteiger partial charge in [0.25, 0.3) is 9.05 Å². The summed E-state index contributed by atoms with van der Waals surface area (Å²) < 4.78 is 22.0. The Kier molecular flexibility index (Phi) is 2.73. The van der Waals surface area contributed by atoms with E-state index in [9.17, 15) is 8.42 Å². The topological polar surface area (TPSA) is 34.1 Å². The lowest BCUT2D eigenvalue weighted by molar-refractivity contribution is 0.611. The molecule has 0 aromatic carbocycles. The fraction of sp³-hybridized carbons (Fsp3) is 0.333. The molecule has 1 aromatic heterocycles. The highest BCUT2D eigenvalue weighted by atomic mass is 35.7. The van der Waals surface area contributed by atoms with E-state index in [1.54, 1.807) is 13.8 Å². The molecule has 0 radical (unpaired) electrons. The van der Waals surface area contributed by atoms with Crippen molar-refractivity contribution in [1.29, 1.82) is 0 Å². The van der Waals surface area contributed by atoms with Crippen LogP contribution in [0, 0.1) is 13.8 Å². The largest absolute Gasteiger partial charge is 0.271 e. The first-order valence-corrected chi connectivity index (χ1v) is 6.54. The summed E-state index contributed by atoms with van der Waals surface area (Å²) in [6.45, 7) is 3.40. The SMILES string of the molecule is Cc1sc(S(=O)(=O)Cl)c(C)c1Cl. The molecule has 0 aliphatic rings. The van der Waals surface area contributed by atoms with E-state index in [0.717, 1.165) is 16.2 Å². The quantitative estimate of drug-likeness (QED) is 0.713. The Morgan fingerprint density at radius 2 is 1.83 bits per heavy atom. The van der Waals surface area contributed by atoms with Gasteiger partial charge in [0.15, 0.2) is 0 Å². The van der Waals surface area contributed by atoms with Crippen LogP contribution >= 0.6 is 33.6 Å². The minimum atomic E-state index is -3.63. The van der Waals surface area contributed by atoms with Crippen molar-refractivity contribution in [2.75, 3.05) is 0 Å². The molecule has 0 aliphatic heterocycles. The normalized spacial score (nSPS) is 12.0. The lowest BCUT2D eigenvalue weighted by Crippen LogP contribution is -1.87. The fourth-order valence-corrected chi connectivity index (χ4v) is 3.82. The predicted octanol–water partition coefficient (Wildman–Crippen LogP) is 2.95. The van der Waals surface area contributed by atoms with Gasteiger partial charge >= 0.3 is 0 Å². The number of hydrogen-bond donors (Lipinski definition) is 0. The van der Waals surface area contributed by atoms with E-state index < -0.39 is 9.05 Å². The lowest BCUT2D eigenvalue weighted by atomic mass is 10.3. The van der Waals surface area contributed by atoms with Gasteiger partial charge in [-0.15, -0.1) is 11.3 Å². The highest BCUT2D eigenvalue weighted by Crippen LogP contribution is 2.36. The van der Waals surface area contributed by atoms with Crippen molar-refractivity contribution in [3.63, 3.8) is 0 Å². The van der Waals surface area contributed by atoms with Crippen LogP contribution in [0.25, 0.3) is 0 Å². The Balaban J connectivity index is 3.48. The molecule has 0 spiro atoms. The third-order valence-corrected chi connectivity index (χ3v) is 5.49. The van der Waals surface area contributed by atoms with Crippen molar-refractivity contribution >= 4 is 42.7 Å². The fourth-order valence-electron chi connectivity index (χ4n) is 0.847. The molecule has 0 saturated carbocycles. The second-order valence-electron chi connectivity index (χ2n) is 2.32.